The molecule has 0 atom stereocenters. The fourth-order valence-corrected chi connectivity index (χ4v) is 2.47. The Bertz CT molecular complexity index is 602. The van der Waals surface area contributed by atoms with E-state index in [0.29, 0.717) is 10.9 Å². The second kappa shape index (κ2) is 5.57. The quantitative estimate of drug-likeness (QED) is 0.489. The molecule has 2 heterocycles. The van der Waals surface area contributed by atoms with Gasteiger partial charge in [0.05, 0.1) is 5.75 Å². The first-order valence-corrected chi connectivity index (χ1v) is 7.05. The number of rotatable bonds is 4. The van der Waals surface area contributed by atoms with Gasteiger partial charge in [-0.3, -0.25) is 4.79 Å². The van der Waals surface area contributed by atoms with Gasteiger partial charge >= 0.3 is 0 Å². The summed E-state index contributed by atoms with van der Waals surface area (Å²) in [5.74, 6) is 0.489. The lowest BCUT2D eigenvalue weighted by Crippen LogP contribution is -2.05. The van der Waals surface area contributed by atoms with Crippen LogP contribution in [-0.2, 0) is 7.05 Å². The van der Waals surface area contributed by atoms with Gasteiger partial charge in [-0.1, -0.05) is 11.8 Å². The summed E-state index contributed by atoms with van der Waals surface area (Å²) in [7, 11) is 1.97. The molecule has 0 radical (unpaired) electrons. The Morgan fingerprint density at radius 3 is 2.42 bits per heavy atom. The smallest absolute Gasteiger partial charge is 0.187 e. The van der Waals surface area contributed by atoms with Crippen molar-refractivity contribution >= 4 is 17.5 Å². The van der Waals surface area contributed by atoms with Crippen LogP contribution in [0.4, 0.5) is 0 Å². The molecule has 0 unspecified atom stereocenters. The molecule has 2 rings (SSSR count). The predicted molar refractivity (Wildman–Crippen MR) is 76.7 cm³/mol. The fraction of sp³-hybridized carbons (Fsp3) is 0.357. The lowest BCUT2D eigenvalue weighted by Gasteiger charge is -2.02. The summed E-state index contributed by atoms with van der Waals surface area (Å²) >= 11 is 1.37. The molecule has 0 aliphatic rings. The number of thioether (sulfide) groups is 1. The molecular formula is C14H17N3OS. The van der Waals surface area contributed by atoms with E-state index in [-0.39, 0.29) is 5.78 Å². The van der Waals surface area contributed by atoms with Crippen molar-refractivity contribution < 1.29 is 4.79 Å². The van der Waals surface area contributed by atoms with Gasteiger partial charge in [-0.15, -0.1) is 0 Å². The molecule has 4 nitrogen and oxygen atoms in total. The van der Waals surface area contributed by atoms with Gasteiger partial charge in [-0.2, -0.15) is 0 Å². The molecule has 19 heavy (non-hydrogen) atoms. The van der Waals surface area contributed by atoms with Gasteiger partial charge in [0.15, 0.2) is 10.9 Å². The number of carbonyl (C=O) groups excluding carboxylic acids is 1. The summed E-state index contributed by atoms with van der Waals surface area (Å²) in [4.78, 5) is 20.5. The molecule has 5 heteroatoms. The summed E-state index contributed by atoms with van der Waals surface area (Å²) in [6, 6.07) is 1.94. The molecule has 0 bridgehead atoms. The van der Waals surface area contributed by atoms with Crippen LogP contribution < -0.4 is 0 Å². The first kappa shape index (κ1) is 13.8. The van der Waals surface area contributed by atoms with Crippen LogP contribution in [0.15, 0.2) is 23.6 Å². The number of hydrogen-bond acceptors (Lipinski definition) is 4. The zero-order valence-electron chi connectivity index (χ0n) is 11.6. The summed E-state index contributed by atoms with van der Waals surface area (Å²) in [5.41, 5.74) is 3.91. The van der Waals surface area contributed by atoms with E-state index >= 15 is 0 Å². The van der Waals surface area contributed by atoms with Crippen molar-refractivity contribution in [1.82, 2.24) is 14.5 Å². The Morgan fingerprint density at radius 1 is 1.26 bits per heavy atom. The normalized spacial score (nSPS) is 10.7. The van der Waals surface area contributed by atoms with E-state index in [4.69, 9.17) is 0 Å². The minimum Gasteiger partial charge on any atom is -0.351 e. The highest BCUT2D eigenvalue weighted by atomic mass is 32.2. The summed E-state index contributed by atoms with van der Waals surface area (Å²) in [6.07, 6.45) is 3.52. The average molecular weight is 275 g/mol. The Hall–Kier alpha value is -1.62. The molecule has 0 aromatic carbocycles. The third kappa shape index (κ3) is 3.04. The van der Waals surface area contributed by atoms with Crippen molar-refractivity contribution in [1.29, 1.82) is 0 Å². The molecule has 0 N–H and O–H groups in total. The standard InChI is InChI=1S/C14H17N3OS/c1-9-6-15-14(16-7-9)19-8-13(18)12-5-10(2)17(4)11(12)3/h5-7H,8H2,1-4H3. The highest BCUT2D eigenvalue weighted by Crippen LogP contribution is 2.18. The maximum atomic E-state index is 12.2. The SMILES string of the molecule is Cc1cnc(SCC(=O)c2cc(C)n(C)c2C)nc1. The minimum atomic E-state index is 0.121. The molecule has 0 amide bonds. The predicted octanol–water partition coefficient (Wildman–Crippen LogP) is 2.72. The average Bonchev–Trinajstić information content (AvgIpc) is 2.65. The Balaban J connectivity index is 2.05. The maximum absolute atomic E-state index is 12.2. The molecular weight excluding hydrogens is 258 g/mol. The minimum absolute atomic E-state index is 0.121. The van der Waals surface area contributed by atoms with Crippen LogP contribution in [0.2, 0.25) is 0 Å². The highest BCUT2D eigenvalue weighted by molar-refractivity contribution is 7.99. The van der Waals surface area contributed by atoms with E-state index in [9.17, 15) is 4.79 Å². The number of Topliss-reactive ketones (excluding diaryl/α,β-unsaturated/α-hetero) is 1. The number of aryl methyl sites for hydroxylation is 2. The molecule has 0 aliphatic carbocycles. The van der Waals surface area contributed by atoms with Gasteiger partial charge in [0.25, 0.3) is 0 Å². The van der Waals surface area contributed by atoms with Gasteiger partial charge in [0.1, 0.15) is 0 Å². The molecule has 0 saturated carbocycles. The third-order valence-corrected chi connectivity index (χ3v) is 4.04. The number of carbonyl (C=O) groups is 1. The van der Waals surface area contributed by atoms with Crippen molar-refractivity contribution in [3.63, 3.8) is 0 Å². The van der Waals surface area contributed by atoms with Gasteiger partial charge in [0.2, 0.25) is 0 Å². The number of ketones is 1. The van der Waals surface area contributed by atoms with Crippen molar-refractivity contribution in [2.45, 2.75) is 25.9 Å². The van der Waals surface area contributed by atoms with Crippen LogP contribution in [0.1, 0.15) is 27.3 Å². The van der Waals surface area contributed by atoms with Crippen molar-refractivity contribution in [3.05, 3.63) is 41.0 Å². The van der Waals surface area contributed by atoms with Gasteiger partial charge < -0.3 is 4.57 Å². The topological polar surface area (TPSA) is 47.8 Å². The highest BCUT2D eigenvalue weighted by Gasteiger charge is 2.14. The maximum Gasteiger partial charge on any atom is 0.187 e. The van der Waals surface area contributed by atoms with Crippen molar-refractivity contribution in [3.8, 4) is 0 Å². The number of nitrogens with zero attached hydrogens (tertiary/aromatic N) is 3. The summed E-state index contributed by atoms with van der Waals surface area (Å²) in [5, 5.41) is 0.643. The Kier molecular flexibility index (Phi) is 4.04. The van der Waals surface area contributed by atoms with Crippen LogP contribution >= 0.6 is 11.8 Å². The van der Waals surface area contributed by atoms with E-state index in [0.717, 1.165) is 22.5 Å². The monoisotopic (exact) mass is 275 g/mol. The number of aromatic nitrogens is 3. The molecule has 100 valence electrons. The first-order chi connectivity index (χ1) is 8.99. The summed E-state index contributed by atoms with van der Waals surface area (Å²) in [6.45, 7) is 5.91. The van der Waals surface area contributed by atoms with Crippen LogP contribution in [0.3, 0.4) is 0 Å². The van der Waals surface area contributed by atoms with Gasteiger partial charge in [-0.05, 0) is 32.4 Å². The van der Waals surface area contributed by atoms with E-state index in [1.807, 2.05) is 38.5 Å². The molecule has 2 aromatic rings. The van der Waals surface area contributed by atoms with Gasteiger partial charge in [0, 0.05) is 36.4 Å². The largest absolute Gasteiger partial charge is 0.351 e. The van der Waals surface area contributed by atoms with E-state index < -0.39 is 0 Å². The number of hydrogen-bond donors (Lipinski definition) is 0. The Morgan fingerprint density at radius 2 is 1.89 bits per heavy atom. The molecule has 0 spiro atoms. The van der Waals surface area contributed by atoms with Crippen molar-refractivity contribution in [2.24, 2.45) is 7.05 Å². The third-order valence-electron chi connectivity index (χ3n) is 3.17. The van der Waals surface area contributed by atoms with E-state index in [1.54, 1.807) is 12.4 Å². The first-order valence-electron chi connectivity index (χ1n) is 6.06. The summed E-state index contributed by atoms with van der Waals surface area (Å²) < 4.78 is 2.03. The van der Waals surface area contributed by atoms with Crippen LogP contribution in [-0.4, -0.2) is 26.1 Å². The van der Waals surface area contributed by atoms with Crippen LogP contribution in [0, 0.1) is 20.8 Å². The van der Waals surface area contributed by atoms with Crippen LogP contribution in [0.5, 0.6) is 0 Å². The second-order valence-electron chi connectivity index (χ2n) is 4.60. The molecule has 0 fully saturated rings. The van der Waals surface area contributed by atoms with E-state index in [1.165, 1.54) is 11.8 Å². The van der Waals surface area contributed by atoms with E-state index in [2.05, 4.69) is 9.97 Å². The lowest BCUT2D eigenvalue weighted by molar-refractivity contribution is 0.102. The van der Waals surface area contributed by atoms with Gasteiger partial charge in [-0.25, -0.2) is 9.97 Å². The molecule has 0 saturated heterocycles. The van der Waals surface area contributed by atoms with Crippen molar-refractivity contribution in [2.75, 3.05) is 5.75 Å². The zero-order valence-corrected chi connectivity index (χ0v) is 12.4. The lowest BCUT2D eigenvalue weighted by atomic mass is 10.2. The molecule has 0 aliphatic heterocycles. The fourth-order valence-electron chi connectivity index (χ4n) is 1.80. The zero-order chi connectivity index (χ0) is 14.0. The Labute approximate surface area is 117 Å². The second-order valence-corrected chi connectivity index (χ2v) is 5.54. The molecule has 2 aromatic heterocycles. The van der Waals surface area contributed by atoms with Crippen LogP contribution in [0.25, 0.3) is 0 Å².